The number of hydrogen-bond acceptors (Lipinski definition) is 1. The minimum Gasteiger partial charge on any atom is -0.306 e. The third kappa shape index (κ3) is 2.44. The maximum absolute atomic E-state index is 2.53. The van der Waals surface area contributed by atoms with Gasteiger partial charge in [0.1, 0.15) is 0 Å². The number of rotatable bonds is 2. The van der Waals surface area contributed by atoms with Gasteiger partial charge in [0.05, 0.1) is 0 Å². The highest BCUT2D eigenvalue weighted by Crippen LogP contribution is 2.50. The standard InChI is InChI=1S/C22H25N/c1-23-16-15-22(19-10-4-2-5-11-19,20-12-6-3-7-13-20)21-14-8-9-18(21)17-23/h2-8,10-14,18,21H,9,15-17H2,1H3. The number of benzene rings is 2. The normalized spacial score (nSPS) is 26.7. The van der Waals surface area contributed by atoms with Crippen molar-refractivity contribution in [2.24, 2.45) is 11.8 Å². The fraction of sp³-hybridized carbons (Fsp3) is 0.364. The van der Waals surface area contributed by atoms with Crippen LogP contribution in [0, 0.1) is 11.8 Å². The molecule has 2 unspecified atom stereocenters. The predicted molar refractivity (Wildman–Crippen MR) is 96.5 cm³/mol. The number of likely N-dealkylation sites (tertiary alicyclic amines) is 1. The lowest BCUT2D eigenvalue weighted by molar-refractivity contribution is 0.273. The zero-order valence-corrected chi connectivity index (χ0v) is 13.9. The topological polar surface area (TPSA) is 3.24 Å². The molecular formula is C22H25N. The molecule has 2 aliphatic rings. The number of nitrogens with zero attached hydrogens (tertiary/aromatic N) is 1. The third-order valence-corrected chi connectivity index (χ3v) is 5.87. The SMILES string of the molecule is CN1CCC(c2ccccc2)(c2ccccc2)C2C=CCC2C1. The quantitative estimate of drug-likeness (QED) is 0.738. The van der Waals surface area contributed by atoms with Crippen LogP contribution in [0.25, 0.3) is 0 Å². The van der Waals surface area contributed by atoms with Gasteiger partial charge in [-0.15, -0.1) is 0 Å². The van der Waals surface area contributed by atoms with Gasteiger partial charge < -0.3 is 4.90 Å². The molecule has 2 aromatic carbocycles. The molecule has 1 aliphatic heterocycles. The number of fused-ring (bicyclic) bond motifs is 1. The largest absolute Gasteiger partial charge is 0.306 e. The number of hydrogen-bond donors (Lipinski definition) is 0. The van der Waals surface area contributed by atoms with Crippen LogP contribution in [0.5, 0.6) is 0 Å². The number of allylic oxidation sites excluding steroid dienone is 2. The average molecular weight is 303 g/mol. The Bertz CT molecular complexity index is 634. The summed E-state index contributed by atoms with van der Waals surface area (Å²) in [5, 5.41) is 0. The van der Waals surface area contributed by atoms with Gasteiger partial charge in [-0.25, -0.2) is 0 Å². The van der Waals surface area contributed by atoms with Crippen LogP contribution >= 0.6 is 0 Å². The van der Waals surface area contributed by atoms with E-state index in [0.29, 0.717) is 5.92 Å². The predicted octanol–water partition coefficient (Wildman–Crippen LogP) is 4.50. The second kappa shape index (κ2) is 5.98. The van der Waals surface area contributed by atoms with Crippen LogP contribution in [0.3, 0.4) is 0 Å². The van der Waals surface area contributed by atoms with Crippen LogP contribution in [0.1, 0.15) is 24.0 Å². The molecule has 2 atom stereocenters. The van der Waals surface area contributed by atoms with Gasteiger partial charge in [0, 0.05) is 12.0 Å². The first-order valence-electron chi connectivity index (χ1n) is 8.77. The Morgan fingerprint density at radius 3 is 2.13 bits per heavy atom. The van der Waals surface area contributed by atoms with Crippen LogP contribution in [0.2, 0.25) is 0 Å². The van der Waals surface area contributed by atoms with Gasteiger partial charge in [-0.1, -0.05) is 72.8 Å². The molecule has 118 valence electrons. The minimum absolute atomic E-state index is 0.102. The maximum Gasteiger partial charge on any atom is 0.0280 e. The zero-order chi connectivity index (χ0) is 15.7. The van der Waals surface area contributed by atoms with E-state index in [2.05, 4.69) is 84.8 Å². The molecule has 1 aliphatic carbocycles. The Morgan fingerprint density at radius 1 is 0.913 bits per heavy atom. The second-order valence-electron chi connectivity index (χ2n) is 7.17. The molecule has 23 heavy (non-hydrogen) atoms. The van der Waals surface area contributed by atoms with Gasteiger partial charge in [0.2, 0.25) is 0 Å². The van der Waals surface area contributed by atoms with E-state index in [9.17, 15) is 0 Å². The summed E-state index contributed by atoms with van der Waals surface area (Å²) in [5.41, 5.74) is 3.05. The highest BCUT2D eigenvalue weighted by atomic mass is 15.1. The smallest absolute Gasteiger partial charge is 0.0280 e. The molecule has 0 N–H and O–H groups in total. The molecule has 1 saturated heterocycles. The van der Waals surface area contributed by atoms with Crippen molar-refractivity contribution in [2.45, 2.75) is 18.3 Å². The minimum atomic E-state index is 0.102. The van der Waals surface area contributed by atoms with E-state index in [1.807, 2.05) is 0 Å². The molecule has 0 saturated carbocycles. The Morgan fingerprint density at radius 2 is 1.52 bits per heavy atom. The second-order valence-corrected chi connectivity index (χ2v) is 7.17. The van der Waals surface area contributed by atoms with Crippen molar-refractivity contribution < 1.29 is 0 Å². The molecule has 0 radical (unpaired) electrons. The molecule has 1 nitrogen and oxygen atoms in total. The summed E-state index contributed by atoms with van der Waals surface area (Å²) in [6.07, 6.45) is 7.32. The molecule has 1 heterocycles. The van der Waals surface area contributed by atoms with Gasteiger partial charge in [0.25, 0.3) is 0 Å². The van der Waals surface area contributed by atoms with Crippen LogP contribution in [0.15, 0.2) is 72.8 Å². The van der Waals surface area contributed by atoms with E-state index in [0.717, 1.165) is 12.5 Å². The van der Waals surface area contributed by atoms with Crippen LogP contribution in [-0.4, -0.2) is 25.0 Å². The van der Waals surface area contributed by atoms with Gasteiger partial charge in [-0.2, -0.15) is 0 Å². The summed E-state index contributed by atoms with van der Waals surface area (Å²) in [4.78, 5) is 2.53. The summed E-state index contributed by atoms with van der Waals surface area (Å²) >= 11 is 0. The van der Waals surface area contributed by atoms with Gasteiger partial charge in [-0.3, -0.25) is 0 Å². The van der Waals surface area contributed by atoms with Crippen molar-refractivity contribution in [1.82, 2.24) is 4.90 Å². The Hall–Kier alpha value is -1.86. The summed E-state index contributed by atoms with van der Waals surface area (Å²) in [7, 11) is 2.28. The van der Waals surface area contributed by atoms with E-state index in [-0.39, 0.29) is 5.41 Å². The molecule has 1 fully saturated rings. The summed E-state index contributed by atoms with van der Waals surface area (Å²) in [6.45, 7) is 2.36. The molecule has 0 spiro atoms. The zero-order valence-electron chi connectivity index (χ0n) is 13.9. The fourth-order valence-electron chi connectivity index (χ4n) is 4.80. The average Bonchev–Trinajstić information content (AvgIpc) is 3.01. The molecular weight excluding hydrogens is 278 g/mol. The van der Waals surface area contributed by atoms with Crippen molar-refractivity contribution in [1.29, 1.82) is 0 Å². The van der Waals surface area contributed by atoms with Crippen LogP contribution in [0.4, 0.5) is 0 Å². The molecule has 0 amide bonds. The third-order valence-electron chi connectivity index (χ3n) is 5.87. The van der Waals surface area contributed by atoms with Crippen molar-refractivity contribution in [2.75, 3.05) is 20.1 Å². The Balaban J connectivity index is 1.93. The van der Waals surface area contributed by atoms with E-state index < -0.39 is 0 Å². The highest BCUT2D eigenvalue weighted by Gasteiger charge is 2.47. The Labute approximate surface area is 139 Å². The Kier molecular flexibility index (Phi) is 3.82. The van der Waals surface area contributed by atoms with E-state index in [4.69, 9.17) is 0 Å². The van der Waals surface area contributed by atoms with Crippen LogP contribution < -0.4 is 0 Å². The summed E-state index contributed by atoms with van der Waals surface area (Å²) in [5.74, 6) is 1.32. The summed E-state index contributed by atoms with van der Waals surface area (Å²) < 4.78 is 0. The van der Waals surface area contributed by atoms with E-state index in [1.165, 1.54) is 30.5 Å². The van der Waals surface area contributed by atoms with Gasteiger partial charge in [0.15, 0.2) is 0 Å². The fourth-order valence-corrected chi connectivity index (χ4v) is 4.80. The van der Waals surface area contributed by atoms with Gasteiger partial charge in [-0.05, 0) is 49.4 Å². The first kappa shape index (κ1) is 14.7. The lowest BCUT2D eigenvalue weighted by Crippen LogP contribution is -2.38. The van der Waals surface area contributed by atoms with Crippen molar-refractivity contribution in [3.05, 3.63) is 83.9 Å². The molecule has 2 aromatic rings. The monoisotopic (exact) mass is 303 g/mol. The van der Waals surface area contributed by atoms with E-state index in [1.54, 1.807) is 0 Å². The summed E-state index contributed by atoms with van der Waals surface area (Å²) in [6, 6.07) is 22.4. The lowest BCUT2D eigenvalue weighted by Gasteiger charge is -2.41. The van der Waals surface area contributed by atoms with Crippen LogP contribution in [-0.2, 0) is 5.41 Å². The first-order chi connectivity index (χ1) is 11.3. The lowest BCUT2D eigenvalue weighted by atomic mass is 9.61. The van der Waals surface area contributed by atoms with Crippen molar-refractivity contribution in [3.63, 3.8) is 0 Å². The first-order valence-corrected chi connectivity index (χ1v) is 8.77. The molecule has 0 bridgehead atoms. The molecule has 1 heteroatoms. The molecule has 4 rings (SSSR count). The van der Waals surface area contributed by atoms with Gasteiger partial charge >= 0.3 is 0 Å². The maximum atomic E-state index is 2.53. The van der Waals surface area contributed by atoms with Crippen molar-refractivity contribution in [3.8, 4) is 0 Å². The van der Waals surface area contributed by atoms with E-state index >= 15 is 0 Å². The highest BCUT2D eigenvalue weighted by molar-refractivity contribution is 5.43. The molecule has 0 aromatic heterocycles. The van der Waals surface area contributed by atoms with Crippen molar-refractivity contribution >= 4 is 0 Å².